The maximum Gasteiger partial charge on any atom is 0.261 e. The lowest BCUT2D eigenvalue weighted by atomic mass is 10.0. The minimum Gasteiger partial charge on any atom is -0.467 e. The van der Waals surface area contributed by atoms with Crippen molar-refractivity contribution in [2.45, 2.75) is 25.4 Å². The number of hydrogen-bond acceptors (Lipinski definition) is 5. The number of benzene rings is 1. The van der Waals surface area contributed by atoms with E-state index < -0.39 is 5.91 Å². The van der Waals surface area contributed by atoms with Gasteiger partial charge in [0.05, 0.1) is 30.0 Å². The van der Waals surface area contributed by atoms with Crippen LogP contribution in [0.2, 0.25) is 0 Å². The first-order valence-electron chi connectivity index (χ1n) is 9.50. The van der Waals surface area contributed by atoms with E-state index in [2.05, 4.69) is 6.07 Å². The van der Waals surface area contributed by atoms with E-state index in [0.717, 1.165) is 17.7 Å². The van der Waals surface area contributed by atoms with Crippen LogP contribution < -0.4 is 0 Å². The largest absolute Gasteiger partial charge is 0.467 e. The van der Waals surface area contributed by atoms with E-state index >= 15 is 0 Å². The number of nitrogens with zero attached hydrogens (tertiary/aromatic N) is 2. The van der Waals surface area contributed by atoms with Crippen molar-refractivity contribution in [3.8, 4) is 0 Å². The van der Waals surface area contributed by atoms with E-state index in [9.17, 15) is 14.4 Å². The molecule has 0 radical (unpaired) electrons. The summed E-state index contributed by atoms with van der Waals surface area (Å²) in [5.74, 6) is -0.328. The van der Waals surface area contributed by atoms with E-state index in [1.807, 2.05) is 16.3 Å². The lowest BCUT2D eigenvalue weighted by Crippen LogP contribution is -2.30. The van der Waals surface area contributed by atoms with Crippen LogP contribution in [0, 0.1) is 0 Å². The molecule has 5 rings (SSSR count). The summed E-state index contributed by atoms with van der Waals surface area (Å²) >= 11 is 1.65. The van der Waals surface area contributed by atoms with Gasteiger partial charge in [0.25, 0.3) is 17.7 Å². The normalized spacial score (nSPS) is 18.6. The third-order valence-electron chi connectivity index (χ3n) is 5.50. The third-order valence-corrected chi connectivity index (χ3v) is 6.47. The van der Waals surface area contributed by atoms with Gasteiger partial charge in [0.2, 0.25) is 0 Å². The Morgan fingerprint density at radius 3 is 2.72 bits per heavy atom. The highest BCUT2D eigenvalue weighted by molar-refractivity contribution is 7.10. The summed E-state index contributed by atoms with van der Waals surface area (Å²) in [6.45, 7) is 0.769. The minimum atomic E-state index is -0.396. The van der Waals surface area contributed by atoms with Gasteiger partial charge in [-0.3, -0.25) is 19.3 Å². The third kappa shape index (κ3) is 2.98. The molecule has 0 spiro atoms. The average molecular weight is 406 g/mol. The fourth-order valence-electron chi connectivity index (χ4n) is 4.08. The summed E-state index contributed by atoms with van der Waals surface area (Å²) in [4.78, 5) is 42.9. The zero-order valence-electron chi connectivity index (χ0n) is 15.5. The predicted molar refractivity (Wildman–Crippen MR) is 107 cm³/mol. The molecule has 0 aliphatic carbocycles. The lowest BCUT2D eigenvalue weighted by molar-refractivity contribution is 0.0631. The van der Waals surface area contributed by atoms with Gasteiger partial charge in [0.15, 0.2) is 0 Å². The van der Waals surface area contributed by atoms with Crippen molar-refractivity contribution < 1.29 is 18.8 Å². The molecular weight excluding hydrogens is 388 g/mol. The van der Waals surface area contributed by atoms with Crippen molar-refractivity contribution >= 4 is 29.1 Å². The highest BCUT2D eigenvalue weighted by Crippen LogP contribution is 2.36. The van der Waals surface area contributed by atoms with Crippen LogP contribution in [0.15, 0.2) is 58.5 Å². The molecule has 1 fully saturated rings. The second-order valence-electron chi connectivity index (χ2n) is 7.21. The Morgan fingerprint density at radius 1 is 1.10 bits per heavy atom. The topological polar surface area (TPSA) is 70.8 Å². The van der Waals surface area contributed by atoms with Gasteiger partial charge in [-0.25, -0.2) is 0 Å². The summed E-state index contributed by atoms with van der Waals surface area (Å²) < 4.78 is 5.26. The Morgan fingerprint density at radius 2 is 1.97 bits per heavy atom. The van der Waals surface area contributed by atoms with Crippen LogP contribution in [0.4, 0.5) is 0 Å². The molecule has 3 amide bonds. The fraction of sp³-hybridized carbons (Fsp3) is 0.227. The van der Waals surface area contributed by atoms with Crippen molar-refractivity contribution in [3.63, 3.8) is 0 Å². The molecule has 4 heterocycles. The second-order valence-corrected chi connectivity index (χ2v) is 8.19. The predicted octanol–water partition coefficient (Wildman–Crippen LogP) is 4.11. The van der Waals surface area contributed by atoms with Crippen molar-refractivity contribution in [3.05, 3.63) is 81.4 Å². The number of furan rings is 1. The number of carbonyl (C=O) groups is 3. The van der Waals surface area contributed by atoms with Gasteiger partial charge in [-0.15, -0.1) is 11.3 Å². The number of fused-ring (bicyclic) bond motifs is 1. The summed E-state index contributed by atoms with van der Waals surface area (Å²) in [5, 5.41) is 2.02. The first-order valence-corrected chi connectivity index (χ1v) is 10.4. The van der Waals surface area contributed by atoms with E-state index in [0.29, 0.717) is 23.4 Å². The zero-order chi connectivity index (χ0) is 20.0. The number of imide groups is 1. The number of carbonyl (C=O) groups excluding carboxylic acids is 3. The molecule has 0 N–H and O–H groups in total. The van der Waals surface area contributed by atoms with Gasteiger partial charge in [0, 0.05) is 17.0 Å². The molecule has 1 unspecified atom stereocenters. The fourth-order valence-corrected chi connectivity index (χ4v) is 4.95. The molecular formula is C22H18N2O4S. The van der Waals surface area contributed by atoms with Crippen molar-refractivity contribution in [2.75, 3.05) is 6.54 Å². The van der Waals surface area contributed by atoms with Crippen molar-refractivity contribution in [1.29, 1.82) is 0 Å². The van der Waals surface area contributed by atoms with Crippen molar-refractivity contribution in [1.82, 2.24) is 9.80 Å². The van der Waals surface area contributed by atoms with Crippen LogP contribution >= 0.6 is 11.3 Å². The lowest BCUT2D eigenvalue weighted by Gasteiger charge is -2.24. The molecule has 7 heteroatoms. The molecule has 2 aromatic heterocycles. The maximum absolute atomic E-state index is 13.2. The highest BCUT2D eigenvalue weighted by Gasteiger charge is 2.37. The van der Waals surface area contributed by atoms with Crippen LogP contribution in [0.5, 0.6) is 0 Å². The molecule has 0 saturated carbocycles. The average Bonchev–Trinajstić information content (AvgIpc) is 3.52. The number of thiophene rings is 1. The standard InChI is InChI=1S/C22H18N2O4S/c25-20(23-9-1-5-18(23)19-6-3-11-29-19)14-7-8-16-17(12-14)22(27)24(21(16)26)13-15-4-2-10-28-15/h2-4,6-8,10-12,18H,1,5,9,13H2. The monoisotopic (exact) mass is 406 g/mol. The van der Waals surface area contributed by atoms with E-state index in [1.165, 1.54) is 11.1 Å². The van der Waals surface area contributed by atoms with Gasteiger partial charge < -0.3 is 9.32 Å². The summed E-state index contributed by atoms with van der Waals surface area (Å²) in [6.07, 6.45) is 3.39. The van der Waals surface area contributed by atoms with E-state index in [1.54, 1.807) is 41.7 Å². The second kappa shape index (κ2) is 7.00. The molecule has 3 aromatic rings. The summed E-state index contributed by atoms with van der Waals surface area (Å²) in [5.41, 5.74) is 1.04. The maximum atomic E-state index is 13.2. The molecule has 2 aliphatic heterocycles. The number of rotatable bonds is 4. The SMILES string of the molecule is O=C1c2ccc(C(=O)N3CCCC3c3cccs3)cc2C(=O)N1Cc1ccco1. The Bertz CT molecular complexity index is 1090. The molecule has 1 atom stereocenters. The molecule has 146 valence electrons. The van der Waals surface area contributed by atoms with Gasteiger partial charge >= 0.3 is 0 Å². The van der Waals surface area contributed by atoms with Crippen LogP contribution in [0.3, 0.4) is 0 Å². The van der Waals surface area contributed by atoms with Crippen molar-refractivity contribution in [2.24, 2.45) is 0 Å². The zero-order valence-corrected chi connectivity index (χ0v) is 16.4. The highest BCUT2D eigenvalue weighted by atomic mass is 32.1. The Hall–Kier alpha value is -3.19. The number of amides is 3. The summed E-state index contributed by atoms with van der Waals surface area (Å²) in [7, 11) is 0. The Labute approximate surface area is 171 Å². The van der Waals surface area contributed by atoms with Gasteiger partial charge in [0.1, 0.15) is 5.76 Å². The van der Waals surface area contributed by atoms with Gasteiger partial charge in [-0.2, -0.15) is 0 Å². The molecule has 0 bridgehead atoms. The van der Waals surface area contributed by atoms with E-state index in [-0.39, 0.29) is 30.0 Å². The smallest absolute Gasteiger partial charge is 0.261 e. The molecule has 6 nitrogen and oxygen atoms in total. The quantitative estimate of drug-likeness (QED) is 0.611. The van der Waals surface area contributed by atoms with Crippen LogP contribution in [-0.2, 0) is 6.54 Å². The van der Waals surface area contributed by atoms with Gasteiger partial charge in [-0.05, 0) is 54.6 Å². The molecule has 2 aliphatic rings. The summed E-state index contributed by atoms with van der Waals surface area (Å²) in [6, 6.07) is 12.3. The van der Waals surface area contributed by atoms with Gasteiger partial charge in [-0.1, -0.05) is 6.07 Å². The first kappa shape index (κ1) is 17.9. The first-order chi connectivity index (χ1) is 14.1. The number of likely N-dealkylation sites (tertiary alicyclic amines) is 1. The Kier molecular flexibility index (Phi) is 4.32. The van der Waals surface area contributed by atoms with Crippen LogP contribution in [0.25, 0.3) is 0 Å². The number of hydrogen-bond donors (Lipinski definition) is 0. The van der Waals surface area contributed by atoms with E-state index in [4.69, 9.17) is 4.42 Å². The Balaban J connectivity index is 1.42. The molecule has 29 heavy (non-hydrogen) atoms. The molecule has 1 saturated heterocycles. The molecule has 1 aromatic carbocycles. The van der Waals surface area contributed by atoms with Crippen LogP contribution in [-0.4, -0.2) is 34.1 Å². The van der Waals surface area contributed by atoms with Crippen LogP contribution in [0.1, 0.15) is 60.6 Å². The minimum absolute atomic E-state index is 0.0727.